The van der Waals surface area contributed by atoms with Crippen LogP contribution >= 0.6 is 11.6 Å². The van der Waals surface area contributed by atoms with Crippen molar-refractivity contribution in [3.8, 4) is 0 Å². The van der Waals surface area contributed by atoms with Crippen LogP contribution in [0.2, 0.25) is 5.02 Å². The molecule has 29 heavy (non-hydrogen) atoms. The van der Waals surface area contributed by atoms with Gasteiger partial charge < -0.3 is 25.4 Å². The van der Waals surface area contributed by atoms with Crippen LogP contribution in [0.5, 0.6) is 0 Å². The first-order valence-electron chi connectivity index (χ1n) is 9.12. The van der Waals surface area contributed by atoms with Crippen molar-refractivity contribution >= 4 is 29.5 Å². The Bertz CT molecular complexity index is 778. The lowest BCUT2D eigenvalue weighted by molar-refractivity contribution is -0.154. The molecular formula is C19H25ClFN3O5. The summed E-state index contributed by atoms with van der Waals surface area (Å²) in [5.41, 5.74) is -2.45. The molecule has 0 bridgehead atoms. The lowest BCUT2D eigenvalue weighted by Gasteiger charge is -2.23. The molecule has 1 fully saturated rings. The maximum atomic E-state index is 13.4. The van der Waals surface area contributed by atoms with E-state index in [0.29, 0.717) is 5.56 Å². The Morgan fingerprint density at radius 3 is 2.62 bits per heavy atom. The highest BCUT2D eigenvalue weighted by atomic mass is 35.5. The zero-order chi connectivity index (χ0) is 21.8. The molecule has 1 unspecified atom stereocenters. The monoisotopic (exact) mass is 429 g/mol. The number of hydrogen-bond donors (Lipinski definition) is 3. The Labute approximate surface area is 173 Å². The zero-order valence-corrected chi connectivity index (χ0v) is 17.3. The third kappa shape index (κ3) is 6.30. The molecule has 0 aromatic heterocycles. The quantitative estimate of drug-likeness (QED) is 0.595. The number of halogens is 2. The smallest absolute Gasteiger partial charge is 0.407 e. The largest absolute Gasteiger partial charge is 0.444 e. The van der Waals surface area contributed by atoms with Gasteiger partial charge in [-0.1, -0.05) is 11.6 Å². The molecule has 1 aromatic rings. The number of nitrogens with one attached hydrogen (secondary N) is 2. The summed E-state index contributed by atoms with van der Waals surface area (Å²) in [6.45, 7) is 5.48. The van der Waals surface area contributed by atoms with E-state index in [1.165, 1.54) is 17.0 Å². The summed E-state index contributed by atoms with van der Waals surface area (Å²) in [4.78, 5) is 37.8. The fourth-order valence-electron chi connectivity index (χ4n) is 2.84. The highest BCUT2D eigenvalue weighted by molar-refractivity contribution is 6.30. The molecule has 160 valence electrons. The highest BCUT2D eigenvalue weighted by Gasteiger charge is 2.51. The topological polar surface area (TPSA) is 108 Å². The Morgan fingerprint density at radius 2 is 2.00 bits per heavy atom. The third-order valence-corrected chi connectivity index (χ3v) is 4.40. The van der Waals surface area contributed by atoms with Crippen LogP contribution in [0.15, 0.2) is 18.2 Å². The van der Waals surface area contributed by atoms with E-state index in [9.17, 15) is 23.9 Å². The Balaban J connectivity index is 1.86. The number of likely N-dealkylation sites (tertiary alicyclic amines) is 1. The van der Waals surface area contributed by atoms with Gasteiger partial charge in [0, 0.05) is 37.6 Å². The van der Waals surface area contributed by atoms with Crippen LogP contribution in [0, 0.1) is 5.82 Å². The van der Waals surface area contributed by atoms with Crippen LogP contribution in [0.3, 0.4) is 0 Å². The first-order chi connectivity index (χ1) is 13.4. The van der Waals surface area contributed by atoms with E-state index in [1.807, 2.05) is 0 Å². The molecule has 0 aliphatic carbocycles. The van der Waals surface area contributed by atoms with E-state index in [-0.39, 0.29) is 37.6 Å². The van der Waals surface area contributed by atoms with E-state index in [2.05, 4.69) is 10.6 Å². The fraction of sp³-hybridized carbons (Fsp3) is 0.526. The number of amides is 3. The van der Waals surface area contributed by atoms with Gasteiger partial charge in [-0.05, 0) is 44.5 Å². The van der Waals surface area contributed by atoms with Crippen molar-refractivity contribution in [3.63, 3.8) is 0 Å². The fourth-order valence-corrected chi connectivity index (χ4v) is 3.08. The normalized spacial score (nSPS) is 19.2. The van der Waals surface area contributed by atoms with Gasteiger partial charge >= 0.3 is 6.09 Å². The van der Waals surface area contributed by atoms with Crippen LogP contribution in [-0.2, 0) is 20.9 Å². The molecular weight excluding hydrogens is 405 g/mol. The highest BCUT2D eigenvalue weighted by Crippen LogP contribution is 2.23. The second-order valence-electron chi connectivity index (χ2n) is 7.79. The summed E-state index contributed by atoms with van der Waals surface area (Å²) in [6, 6.07) is 3.80. The van der Waals surface area contributed by atoms with Gasteiger partial charge in [-0.15, -0.1) is 0 Å². The van der Waals surface area contributed by atoms with Crippen molar-refractivity contribution in [2.24, 2.45) is 0 Å². The van der Waals surface area contributed by atoms with Crippen molar-refractivity contribution in [1.29, 1.82) is 0 Å². The van der Waals surface area contributed by atoms with Gasteiger partial charge in [0.15, 0.2) is 0 Å². The van der Waals surface area contributed by atoms with E-state index >= 15 is 0 Å². The summed E-state index contributed by atoms with van der Waals surface area (Å²) in [5.74, 6) is -2.18. The minimum Gasteiger partial charge on any atom is -0.444 e. The second-order valence-corrected chi connectivity index (χ2v) is 8.23. The molecule has 10 heteroatoms. The lowest BCUT2D eigenvalue weighted by atomic mass is 10.0. The van der Waals surface area contributed by atoms with Crippen LogP contribution in [0.4, 0.5) is 9.18 Å². The van der Waals surface area contributed by atoms with Crippen LogP contribution < -0.4 is 10.6 Å². The number of alkyl carbamates (subject to hydrolysis) is 1. The SMILES string of the molecule is CC(C)(C)OC(=O)NCCN1CCC(O)(C(=O)NCc2cc(F)cc(Cl)c2)C1=O. The van der Waals surface area contributed by atoms with Crippen molar-refractivity contribution in [1.82, 2.24) is 15.5 Å². The minimum atomic E-state index is -2.21. The van der Waals surface area contributed by atoms with Crippen LogP contribution in [0.25, 0.3) is 0 Å². The van der Waals surface area contributed by atoms with Gasteiger partial charge in [0.05, 0.1) is 0 Å². The maximum absolute atomic E-state index is 13.4. The van der Waals surface area contributed by atoms with Crippen LogP contribution in [0.1, 0.15) is 32.8 Å². The number of carbonyl (C=O) groups excluding carboxylic acids is 3. The van der Waals surface area contributed by atoms with Gasteiger partial charge in [0.2, 0.25) is 5.60 Å². The van der Waals surface area contributed by atoms with Gasteiger partial charge in [0.25, 0.3) is 11.8 Å². The number of carbonyl (C=O) groups is 3. The van der Waals surface area contributed by atoms with Gasteiger partial charge in [0.1, 0.15) is 11.4 Å². The molecule has 0 saturated carbocycles. The first kappa shape index (κ1) is 22.9. The minimum absolute atomic E-state index is 0.0893. The molecule has 0 radical (unpaired) electrons. The molecule has 1 aliphatic heterocycles. The van der Waals surface area contributed by atoms with Crippen LogP contribution in [-0.4, -0.2) is 58.8 Å². The van der Waals surface area contributed by atoms with Gasteiger partial charge in [-0.25, -0.2) is 9.18 Å². The number of benzene rings is 1. The molecule has 8 nitrogen and oxygen atoms in total. The molecule has 1 heterocycles. The van der Waals surface area contributed by atoms with Crippen molar-refractivity contribution in [2.45, 2.75) is 44.9 Å². The zero-order valence-electron chi connectivity index (χ0n) is 16.6. The summed E-state index contributed by atoms with van der Waals surface area (Å²) < 4.78 is 18.5. The van der Waals surface area contributed by atoms with Crippen molar-refractivity contribution in [3.05, 3.63) is 34.6 Å². The average Bonchev–Trinajstić information content (AvgIpc) is 2.87. The summed E-state index contributed by atoms with van der Waals surface area (Å²) in [6.07, 6.45) is -0.709. The number of ether oxygens (including phenoxy) is 1. The van der Waals surface area contributed by atoms with Gasteiger partial charge in [-0.3, -0.25) is 9.59 Å². The Kier molecular flexibility index (Phi) is 7.07. The molecule has 2 rings (SSSR count). The second kappa shape index (κ2) is 8.96. The molecule has 3 N–H and O–H groups in total. The maximum Gasteiger partial charge on any atom is 0.407 e. The van der Waals surface area contributed by atoms with E-state index in [4.69, 9.17) is 16.3 Å². The predicted molar refractivity (Wildman–Crippen MR) is 104 cm³/mol. The lowest BCUT2D eigenvalue weighted by Crippen LogP contribution is -2.52. The number of rotatable bonds is 6. The number of nitrogens with zero attached hydrogens (tertiary/aromatic N) is 1. The molecule has 0 spiro atoms. The standard InChI is InChI=1S/C19H25ClFN3O5/c1-18(2,3)29-17(27)22-5-7-24-6-4-19(28,16(24)26)15(25)23-11-12-8-13(20)10-14(21)9-12/h8-10,28H,4-7,11H2,1-3H3,(H,22,27)(H,23,25). The van der Waals surface area contributed by atoms with E-state index in [1.54, 1.807) is 20.8 Å². The van der Waals surface area contributed by atoms with Gasteiger partial charge in [-0.2, -0.15) is 0 Å². The van der Waals surface area contributed by atoms with E-state index < -0.39 is 34.9 Å². The predicted octanol–water partition coefficient (Wildman–Crippen LogP) is 1.58. The Hall–Kier alpha value is -2.39. The number of hydrogen-bond acceptors (Lipinski definition) is 5. The molecule has 1 aliphatic rings. The average molecular weight is 430 g/mol. The van der Waals surface area contributed by atoms with Crippen molar-refractivity contribution in [2.75, 3.05) is 19.6 Å². The summed E-state index contributed by atoms with van der Waals surface area (Å²) in [7, 11) is 0. The molecule has 1 atom stereocenters. The molecule has 1 aromatic carbocycles. The van der Waals surface area contributed by atoms with E-state index in [0.717, 1.165) is 6.07 Å². The molecule has 3 amide bonds. The summed E-state index contributed by atoms with van der Waals surface area (Å²) >= 11 is 5.77. The molecule has 1 saturated heterocycles. The van der Waals surface area contributed by atoms with Crippen molar-refractivity contribution < 1.29 is 28.6 Å². The summed E-state index contributed by atoms with van der Waals surface area (Å²) in [5, 5.41) is 15.7. The Morgan fingerprint density at radius 1 is 1.31 bits per heavy atom. The first-order valence-corrected chi connectivity index (χ1v) is 9.50. The number of aliphatic hydroxyl groups is 1. The third-order valence-electron chi connectivity index (χ3n) is 4.19.